The van der Waals surface area contributed by atoms with Gasteiger partial charge in [0.1, 0.15) is 0 Å². The monoisotopic (exact) mass is 207 g/mol. The number of alkyl halides is 2. The number of hydrogen-bond acceptors (Lipinski definition) is 3. The van der Waals surface area contributed by atoms with Gasteiger partial charge in [-0.05, 0) is 0 Å². The number of aliphatic hydroxyl groups is 1. The van der Waals surface area contributed by atoms with Gasteiger partial charge in [0, 0.05) is 17.2 Å². The molecule has 0 aliphatic rings. The molecule has 1 N–H and O–H groups in total. The molecule has 1 rings (SSSR count). The van der Waals surface area contributed by atoms with Crippen molar-refractivity contribution in [2.75, 3.05) is 7.11 Å². The van der Waals surface area contributed by atoms with Crippen LogP contribution in [0.15, 0.2) is 6.07 Å². The summed E-state index contributed by atoms with van der Waals surface area (Å²) >= 11 is 0. The molecule has 1 aromatic heterocycles. The maximum atomic E-state index is 12.7. The fourth-order valence-electron chi connectivity index (χ4n) is 1.06. The van der Waals surface area contributed by atoms with Crippen LogP contribution in [0.3, 0.4) is 0 Å². The predicted octanol–water partition coefficient (Wildman–Crippen LogP) is 1.66. The molecule has 14 heavy (non-hydrogen) atoms. The molecule has 0 aliphatic carbocycles. The molecular formula is C8H8F3NO2. The number of aliphatic hydroxyl groups excluding tert-OH is 1. The normalized spacial score (nSPS) is 10.7. The maximum Gasteiger partial charge on any atom is 0.264 e. The topological polar surface area (TPSA) is 42.4 Å². The number of pyridine rings is 1. The summed E-state index contributed by atoms with van der Waals surface area (Å²) < 4.78 is 41.9. The van der Waals surface area contributed by atoms with Crippen LogP contribution in [-0.4, -0.2) is 17.2 Å². The lowest BCUT2D eigenvalue weighted by Crippen LogP contribution is -2.03. The fourth-order valence-corrected chi connectivity index (χ4v) is 1.06. The quantitative estimate of drug-likeness (QED) is 0.766. The SMILES string of the molecule is COc1nc(F)cc(C(F)F)c1CO. The first-order chi connectivity index (χ1) is 6.60. The van der Waals surface area contributed by atoms with Gasteiger partial charge in [-0.1, -0.05) is 0 Å². The molecular weight excluding hydrogens is 199 g/mol. The Hall–Kier alpha value is -1.30. The van der Waals surface area contributed by atoms with Crippen LogP contribution in [-0.2, 0) is 6.61 Å². The van der Waals surface area contributed by atoms with Gasteiger partial charge in [0.05, 0.1) is 13.7 Å². The zero-order valence-corrected chi connectivity index (χ0v) is 7.30. The van der Waals surface area contributed by atoms with Gasteiger partial charge >= 0.3 is 0 Å². The highest BCUT2D eigenvalue weighted by atomic mass is 19.3. The minimum Gasteiger partial charge on any atom is -0.481 e. The van der Waals surface area contributed by atoms with E-state index in [1.165, 1.54) is 0 Å². The van der Waals surface area contributed by atoms with Gasteiger partial charge in [-0.15, -0.1) is 0 Å². The van der Waals surface area contributed by atoms with Gasteiger partial charge in [0.15, 0.2) is 0 Å². The van der Waals surface area contributed by atoms with Gasteiger partial charge in [-0.2, -0.15) is 9.37 Å². The smallest absolute Gasteiger partial charge is 0.264 e. The number of hydrogen-bond donors (Lipinski definition) is 1. The summed E-state index contributed by atoms with van der Waals surface area (Å²) in [6.07, 6.45) is -2.87. The third-order valence-electron chi connectivity index (χ3n) is 1.68. The Bertz CT molecular complexity index is 331. The lowest BCUT2D eigenvalue weighted by atomic mass is 10.1. The summed E-state index contributed by atoms with van der Waals surface area (Å²) in [4.78, 5) is 3.22. The van der Waals surface area contributed by atoms with Crippen LogP contribution in [0.2, 0.25) is 0 Å². The molecule has 0 aromatic carbocycles. The molecule has 0 unspecified atom stereocenters. The Labute approximate surface area is 78.2 Å². The Morgan fingerprint density at radius 2 is 2.21 bits per heavy atom. The average Bonchev–Trinajstić information content (AvgIpc) is 2.16. The summed E-state index contributed by atoms with van der Waals surface area (Å²) in [7, 11) is 1.16. The van der Waals surface area contributed by atoms with E-state index in [2.05, 4.69) is 9.72 Å². The number of rotatable bonds is 3. The van der Waals surface area contributed by atoms with E-state index in [-0.39, 0.29) is 11.4 Å². The summed E-state index contributed by atoms with van der Waals surface area (Å²) in [5.41, 5.74) is -0.791. The number of halogens is 3. The third kappa shape index (κ3) is 1.95. The summed E-state index contributed by atoms with van der Waals surface area (Å²) in [6.45, 7) is -0.671. The van der Waals surface area contributed by atoms with Gasteiger partial charge < -0.3 is 9.84 Å². The molecule has 0 saturated carbocycles. The number of methoxy groups -OCH3 is 1. The average molecular weight is 207 g/mol. The third-order valence-corrected chi connectivity index (χ3v) is 1.68. The van der Waals surface area contributed by atoms with E-state index < -0.39 is 24.5 Å². The highest BCUT2D eigenvalue weighted by Crippen LogP contribution is 2.28. The molecule has 0 atom stereocenters. The van der Waals surface area contributed by atoms with Crippen molar-refractivity contribution in [2.45, 2.75) is 13.0 Å². The van der Waals surface area contributed by atoms with Crippen molar-refractivity contribution in [3.8, 4) is 5.88 Å². The molecule has 0 saturated heterocycles. The largest absolute Gasteiger partial charge is 0.481 e. The van der Waals surface area contributed by atoms with E-state index in [0.717, 1.165) is 7.11 Å². The van der Waals surface area contributed by atoms with Crippen LogP contribution in [0.5, 0.6) is 5.88 Å². The molecule has 1 heterocycles. The predicted molar refractivity (Wildman–Crippen MR) is 41.6 cm³/mol. The molecule has 0 spiro atoms. The number of ether oxygens (including phenoxy) is 1. The lowest BCUT2D eigenvalue weighted by molar-refractivity contribution is 0.145. The first-order valence-corrected chi connectivity index (χ1v) is 3.72. The summed E-state index contributed by atoms with van der Waals surface area (Å²) in [5.74, 6) is -1.38. The van der Waals surface area contributed by atoms with E-state index in [1.807, 2.05) is 0 Å². The molecule has 3 nitrogen and oxygen atoms in total. The molecule has 0 fully saturated rings. The van der Waals surface area contributed by atoms with Crippen molar-refractivity contribution < 1.29 is 23.0 Å². The lowest BCUT2D eigenvalue weighted by Gasteiger charge is -2.10. The Kier molecular flexibility index (Phi) is 3.29. The van der Waals surface area contributed by atoms with E-state index >= 15 is 0 Å². The van der Waals surface area contributed by atoms with Gasteiger partial charge in [0.2, 0.25) is 11.8 Å². The van der Waals surface area contributed by atoms with Crippen LogP contribution < -0.4 is 4.74 Å². The van der Waals surface area contributed by atoms with Crippen molar-refractivity contribution in [2.24, 2.45) is 0 Å². The Morgan fingerprint density at radius 1 is 1.57 bits per heavy atom. The Balaban J connectivity index is 3.31. The molecule has 0 aliphatic heterocycles. The fraction of sp³-hybridized carbons (Fsp3) is 0.375. The van der Waals surface area contributed by atoms with Crippen LogP contribution in [0.1, 0.15) is 17.6 Å². The second-order valence-electron chi connectivity index (χ2n) is 2.48. The molecule has 0 amide bonds. The van der Waals surface area contributed by atoms with Gasteiger partial charge in [0.25, 0.3) is 6.43 Å². The van der Waals surface area contributed by atoms with Crippen molar-refractivity contribution >= 4 is 0 Å². The highest BCUT2D eigenvalue weighted by molar-refractivity contribution is 5.35. The standard InChI is InChI=1S/C8H8F3NO2/c1-14-8-5(3-13)4(7(10)11)2-6(9)12-8/h2,7,13H,3H2,1H3. The minimum atomic E-state index is -2.87. The molecule has 0 radical (unpaired) electrons. The van der Waals surface area contributed by atoms with Crippen molar-refractivity contribution in [3.63, 3.8) is 0 Å². The summed E-state index contributed by atoms with van der Waals surface area (Å²) in [6, 6.07) is 0.582. The molecule has 0 bridgehead atoms. The van der Waals surface area contributed by atoms with E-state index in [9.17, 15) is 13.2 Å². The summed E-state index contributed by atoms with van der Waals surface area (Å²) in [5, 5.41) is 8.79. The van der Waals surface area contributed by atoms with Crippen LogP contribution in [0, 0.1) is 5.95 Å². The number of nitrogens with zero attached hydrogens (tertiary/aromatic N) is 1. The van der Waals surface area contributed by atoms with Crippen molar-refractivity contribution in [1.29, 1.82) is 0 Å². The van der Waals surface area contributed by atoms with Crippen molar-refractivity contribution in [3.05, 3.63) is 23.1 Å². The van der Waals surface area contributed by atoms with E-state index in [4.69, 9.17) is 5.11 Å². The zero-order valence-electron chi connectivity index (χ0n) is 7.30. The van der Waals surface area contributed by atoms with Crippen molar-refractivity contribution in [1.82, 2.24) is 4.98 Å². The van der Waals surface area contributed by atoms with Crippen LogP contribution >= 0.6 is 0 Å². The zero-order chi connectivity index (χ0) is 10.7. The van der Waals surface area contributed by atoms with Gasteiger partial charge in [-0.3, -0.25) is 0 Å². The second-order valence-corrected chi connectivity index (χ2v) is 2.48. The first-order valence-electron chi connectivity index (χ1n) is 3.72. The molecule has 1 aromatic rings. The van der Waals surface area contributed by atoms with Gasteiger partial charge in [-0.25, -0.2) is 8.78 Å². The maximum absolute atomic E-state index is 12.7. The van der Waals surface area contributed by atoms with E-state index in [0.29, 0.717) is 6.07 Å². The van der Waals surface area contributed by atoms with Crippen LogP contribution in [0.4, 0.5) is 13.2 Å². The molecule has 78 valence electrons. The first kappa shape index (κ1) is 10.8. The molecule has 6 heteroatoms. The highest BCUT2D eigenvalue weighted by Gasteiger charge is 2.19. The number of aromatic nitrogens is 1. The second kappa shape index (κ2) is 4.28. The minimum absolute atomic E-state index is 0.191. The van der Waals surface area contributed by atoms with E-state index in [1.54, 1.807) is 0 Å². The van der Waals surface area contributed by atoms with Crippen LogP contribution in [0.25, 0.3) is 0 Å². The Morgan fingerprint density at radius 3 is 2.64 bits per heavy atom.